The average molecular weight is 436 g/mol. The third-order valence-corrected chi connectivity index (χ3v) is 5.41. The predicted molar refractivity (Wildman–Crippen MR) is 115 cm³/mol. The van der Waals surface area contributed by atoms with Crippen molar-refractivity contribution in [1.29, 1.82) is 0 Å². The number of aliphatic hydroxyl groups is 1. The van der Waals surface area contributed by atoms with Gasteiger partial charge in [0, 0.05) is 32.2 Å². The standard InChI is InChI=1S/C22H27ClFN3O3/c1-16-12-26(14-22(29)25-20-8-4-2-6-18(20)23)10-11-27(16)13-17(28)15-30-21-9-5-3-7-19(21)24/h2-9,16-17,28H,10-15H2,1H3,(H,25,29)/t16-,17-/m0/s1. The van der Waals surface area contributed by atoms with E-state index in [1.807, 2.05) is 12.1 Å². The van der Waals surface area contributed by atoms with Gasteiger partial charge in [-0.05, 0) is 31.2 Å². The van der Waals surface area contributed by atoms with Crippen LogP contribution in [0.25, 0.3) is 0 Å². The molecule has 0 radical (unpaired) electrons. The number of nitrogens with one attached hydrogen (secondary N) is 1. The zero-order chi connectivity index (χ0) is 21.5. The number of carbonyl (C=O) groups excluding carboxylic acids is 1. The first kappa shape index (κ1) is 22.5. The minimum Gasteiger partial charge on any atom is -0.488 e. The molecule has 2 aromatic carbocycles. The molecule has 0 saturated carbocycles. The Morgan fingerprint density at radius 2 is 2.00 bits per heavy atom. The van der Waals surface area contributed by atoms with Crippen LogP contribution in [0.2, 0.25) is 5.02 Å². The van der Waals surface area contributed by atoms with Crippen LogP contribution >= 0.6 is 11.6 Å². The van der Waals surface area contributed by atoms with Crippen molar-refractivity contribution in [2.45, 2.75) is 19.1 Å². The van der Waals surface area contributed by atoms with E-state index in [1.165, 1.54) is 12.1 Å². The lowest BCUT2D eigenvalue weighted by molar-refractivity contribution is -0.118. The molecule has 0 bridgehead atoms. The summed E-state index contributed by atoms with van der Waals surface area (Å²) in [6, 6.07) is 13.4. The third-order valence-electron chi connectivity index (χ3n) is 5.08. The molecule has 2 N–H and O–H groups in total. The van der Waals surface area contributed by atoms with Gasteiger partial charge in [0.15, 0.2) is 11.6 Å². The quantitative estimate of drug-likeness (QED) is 0.667. The summed E-state index contributed by atoms with van der Waals surface area (Å²) in [4.78, 5) is 16.6. The molecule has 1 aliphatic rings. The fourth-order valence-corrected chi connectivity index (χ4v) is 3.70. The molecule has 30 heavy (non-hydrogen) atoms. The number of aliphatic hydroxyl groups excluding tert-OH is 1. The third kappa shape index (κ3) is 6.40. The van der Waals surface area contributed by atoms with E-state index in [2.05, 4.69) is 22.0 Å². The first-order chi connectivity index (χ1) is 14.4. The summed E-state index contributed by atoms with van der Waals surface area (Å²) in [5, 5.41) is 13.6. The SMILES string of the molecule is C[C@H]1CN(CC(=O)Nc2ccccc2Cl)CCN1C[C@H](O)COc1ccccc1F. The van der Waals surface area contributed by atoms with E-state index in [4.69, 9.17) is 16.3 Å². The molecule has 0 aliphatic carbocycles. The number of nitrogens with zero attached hydrogens (tertiary/aromatic N) is 2. The Balaban J connectivity index is 1.41. The van der Waals surface area contributed by atoms with Crippen molar-refractivity contribution in [2.75, 3.05) is 44.6 Å². The number of carbonyl (C=O) groups is 1. The van der Waals surface area contributed by atoms with Gasteiger partial charge in [-0.15, -0.1) is 0 Å². The van der Waals surface area contributed by atoms with Crippen LogP contribution in [0.1, 0.15) is 6.92 Å². The smallest absolute Gasteiger partial charge is 0.238 e. The van der Waals surface area contributed by atoms with Gasteiger partial charge in [0.25, 0.3) is 0 Å². The molecule has 1 saturated heterocycles. The molecule has 0 aromatic heterocycles. The lowest BCUT2D eigenvalue weighted by Gasteiger charge is -2.40. The average Bonchev–Trinajstić information content (AvgIpc) is 2.71. The molecule has 1 aliphatic heterocycles. The van der Waals surface area contributed by atoms with Crippen molar-refractivity contribution in [1.82, 2.24) is 9.80 Å². The van der Waals surface area contributed by atoms with Gasteiger partial charge in [0.1, 0.15) is 12.7 Å². The Hall–Kier alpha value is -2.19. The number of para-hydroxylation sites is 2. The maximum Gasteiger partial charge on any atom is 0.238 e. The Bertz CT molecular complexity index is 854. The summed E-state index contributed by atoms with van der Waals surface area (Å²) in [6.07, 6.45) is -0.734. The normalized spacial score (nSPS) is 18.7. The lowest BCUT2D eigenvalue weighted by Crippen LogP contribution is -2.55. The van der Waals surface area contributed by atoms with Gasteiger partial charge in [-0.1, -0.05) is 35.9 Å². The Morgan fingerprint density at radius 1 is 1.27 bits per heavy atom. The molecule has 8 heteroatoms. The van der Waals surface area contributed by atoms with Gasteiger partial charge in [-0.3, -0.25) is 14.6 Å². The van der Waals surface area contributed by atoms with Crippen LogP contribution in [0.3, 0.4) is 0 Å². The van der Waals surface area contributed by atoms with Gasteiger partial charge in [-0.25, -0.2) is 4.39 Å². The van der Waals surface area contributed by atoms with Gasteiger partial charge in [0.2, 0.25) is 5.91 Å². The van der Waals surface area contributed by atoms with E-state index in [0.29, 0.717) is 30.3 Å². The molecule has 1 fully saturated rings. The summed E-state index contributed by atoms with van der Waals surface area (Å²) in [5.74, 6) is -0.414. The van der Waals surface area contributed by atoms with Gasteiger partial charge in [0.05, 0.1) is 17.3 Å². The van der Waals surface area contributed by atoms with Crippen LogP contribution in [0.15, 0.2) is 48.5 Å². The van der Waals surface area contributed by atoms with Crippen molar-refractivity contribution in [3.63, 3.8) is 0 Å². The van der Waals surface area contributed by atoms with Crippen LogP contribution in [-0.4, -0.2) is 72.3 Å². The Morgan fingerprint density at radius 3 is 2.73 bits per heavy atom. The number of halogens is 2. The molecule has 3 rings (SSSR count). The van der Waals surface area contributed by atoms with Crippen molar-refractivity contribution in [2.24, 2.45) is 0 Å². The van der Waals surface area contributed by atoms with Gasteiger partial charge >= 0.3 is 0 Å². The second-order valence-corrected chi connectivity index (χ2v) is 7.91. The highest BCUT2D eigenvalue weighted by Crippen LogP contribution is 2.20. The van der Waals surface area contributed by atoms with Crippen LogP contribution in [0.5, 0.6) is 5.75 Å². The number of hydrogen-bond acceptors (Lipinski definition) is 5. The minimum atomic E-state index is -0.734. The number of ether oxygens (including phenoxy) is 1. The van der Waals surface area contributed by atoms with Crippen LogP contribution in [-0.2, 0) is 4.79 Å². The summed E-state index contributed by atoms with van der Waals surface area (Å²) >= 11 is 6.09. The molecule has 1 amide bonds. The number of anilines is 1. The zero-order valence-corrected chi connectivity index (χ0v) is 17.7. The number of β-amino-alcohol motifs (C(OH)–C–C–N with tert-alkyl or cyclic N) is 1. The van der Waals surface area contributed by atoms with Crippen molar-refractivity contribution in [3.8, 4) is 5.75 Å². The maximum absolute atomic E-state index is 13.6. The molecule has 2 atom stereocenters. The number of rotatable bonds is 8. The molecular formula is C22H27ClFN3O3. The predicted octanol–water partition coefficient (Wildman–Crippen LogP) is 2.86. The van der Waals surface area contributed by atoms with Gasteiger partial charge < -0.3 is 15.2 Å². The maximum atomic E-state index is 13.6. The van der Waals surface area contributed by atoms with E-state index in [9.17, 15) is 14.3 Å². The highest BCUT2D eigenvalue weighted by molar-refractivity contribution is 6.33. The second-order valence-electron chi connectivity index (χ2n) is 7.50. The van der Waals surface area contributed by atoms with Gasteiger partial charge in [-0.2, -0.15) is 0 Å². The van der Waals surface area contributed by atoms with E-state index in [0.717, 1.165) is 6.54 Å². The second kappa shape index (κ2) is 10.7. The summed E-state index contributed by atoms with van der Waals surface area (Å²) < 4.78 is 19.0. The van der Waals surface area contributed by atoms with Crippen molar-refractivity contribution >= 4 is 23.2 Å². The number of hydrogen-bond donors (Lipinski definition) is 2. The Labute approximate surface area is 181 Å². The number of piperazine rings is 1. The first-order valence-electron chi connectivity index (χ1n) is 9.98. The number of amides is 1. The highest BCUT2D eigenvalue weighted by atomic mass is 35.5. The molecule has 2 aromatic rings. The van der Waals surface area contributed by atoms with Crippen LogP contribution in [0, 0.1) is 5.82 Å². The highest BCUT2D eigenvalue weighted by Gasteiger charge is 2.26. The molecular weight excluding hydrogens is 409 g/mol. The summed E-state index contributed by atoms with van der Waals surface area (Å²) in [7, 11) is 0. The Kier molecular flexibility index (Phi) is 8.04. The molecule has 0 unspecified atom stereocenters. The summed E-state index contributed by atoms with van der Waals surface area (Å²) in [5.41, 5.74) is 0.605. The summed E-state index contributed by atoms with van der Waals surface area (Å²) in [6.45, 7) is 4.92. The fourth-order valence-electron chi connectivity index (χ4n) is 3.51. The topological polar surface area (TPSA) is 65.0 Å². The van der Waals surface area contributed by atoms with Crippen molar-refractivity contribution in [3.05, 3.63) is 59.4 Å². The van der Waals surface area contributed by atoms with E-state index in [1.54, 1.807) is 24.3 Å². The fraction of sp³-hybridized carbons (Fsp3) is 0.409. The van der Waals surface area contributed by atoms with E-state index >= 15 is 0 Å². The number of benzene rings is 2. The largest absolute Gasteiger partial charge is 0.488 e. The molecule has 162 valence electrons. The van der Waals surface area contributed by atoms with Crippen LogP contribution < -0.4 is 10.1 Å². The van der Waals surface area contributed by atoms with Crippen molar-refractivity contribution < 1.29 is 19.0 Å². The monoisotopic (exact) mass is 435 g/mol. The van der Waals surface area contributed by atoms with Crippen LogP contribution in [0.4, 0.5) is 10.1 Å². The molecule has 6 nitrogen and oxygen atoms in total. The first-order valence-corrected chi connectivity index (χ1v) is 10.4. The molecule has 1 heterocycles. The lowest BCUT2D eigenvalue weighted by atomic mass is 10.1. The van der Waals surface area contributed by atoms with E-state index < -0.39 is 11.9 Å². The van der Waals surface area contributed by atoms with E-state index in [-0.39, 0.29) is 30.9 Å². The minimum absolute atomic E-state index is 0.0219. The zero-order valence-electron chi connectivity index (χ0n) is 16.9. The molecule has 0 spiro atoms.